The number of unbranched alkanes of at least 4 members (excludes halogenated alkanes) is 3. The van der Waals surface area contributed by atoms with Crippen molar-refractivity contribution in [2.75, 3.05) is 72.4 Å². The first-order valence-corrected chi connectivity index (χ1v) is 18.7. The molecule has 3 aromatic carbocycles. The molecule has 4 rings (SSSR count). The lowest BCUT2D eigenvalue weighted by atomic mass is 9.83. The van der Waals surface area contributed by atoms with Gasteiger partial charge in [0.05, 0.1) is 73.2 Å². The van der Waals surface area contributed by atoms with Gasteiger partial charge in [-0.15, -0.1) is 11.5 Å². The summed E-state index contributed by atoms with van der Waals surface area (Å²) in [4.78, 5) is 32.0. The van der Waals surface area contributed by atoms with Gasteiger partial charge >= 0.3 is 0 Å². The molecule has 0 unspecified atom stereocenters. The number of nitrogens with zero attached hydrogens (tertiary/aromatic N) is 3. The Balaban J connectivity index is 1.35. The molecule has 300 valence electrons. The molecular formula is C42H53N5O9. The highest BCUT2D eigenvalue weighted by Crippen LogP contribution is 2.40. The predicted octanol–water partition coefficient (Wildman–Crippen LogP) is 5.31. The Morgan fingerprint density at radius 1 is 0.696 bits per heavy atom. The van der Waals surface area contributed by atoms with Crippen LogP contribution in [-0.4, -0.2) is 93.9 Å². The number of nitrogens with one attached hydrogen (secondary N) is 2. The van der Waals surface area contributed by atoms with E-state index < -0.39 is 5.60 Å². The van der Waals surface area contributed by atoms with Crippen molar-refractivity contribution in [2.24, 2.45) is 0 Å². The molecular weight excluding hydrogens is 718 g/mol. The molecule has 4 aromatic rings. The number of methoxy groups -OCH3 is 2. The van der Waals surface area contributed by atoms with Crippen molar-refractivity contribution in [2.45, 2.75) is 50.7 Å². The minimum Gasteiger partial charge on any atom is -0.497 e. The first-order valence-electron chi connectivity index (χ1n) is 18.7. The Kier molecular flexibility index (Phi) is 19.4. The minimum absolute atomic E-state index is 0.0251. The van der Waals surface area contributed by atoms with Crippen LogP contribution >= 0.6 is 0 Å². The zero-order valence-corrected chi connectivity index (χ0v) is 32.3. The number of hydrogen-bond acceptors (Lipinski definition) is 11. The highest BCUT2D eigenvalue weighted by Gasteiger charge is 2.42. The molecule has 0 fully saturated rings. The second-order valence-electron chi connectivity index (χ2n) is 12.6. The molecule has 0 aliphatic carbocycles. The van der Waals surface area contributed by atoms with Gasteiger partial charge in [-0.2, -0.15) is 0 Å². The van der Waals surface area contributed by atoms with Gasteiger partial charge in [-0.25, -0.2) is 10.2 Å². The number of hydroxylamine groups is 1. The Morgan fingerprint density at radius 2 is 1.23 bits per heavy atom. The van der Waals surface area contributed by atoms with Crippen LogP contribution in [0, 0.1) is 12.3 Å². The van der Waals surface area contributed by atoms with Crippen molar-refractivity contribution in [1.29, 1.82) is 0 Å². The summed E-state index contributed by atoms with van der Waals surface area (Å²) in [5.74, 6) is 3.40. The maximum absolute atomic E-state index is 13.3. The summed E-state index contributed by atoms with van der Waals surface area (Å²) in [6.45, 7) is 3.65. The third-order valence-electron chi connectivity index (χ3n) is 8.59. The van der Waals surface area contributed by atoms with Crippen molar-refractivity contribution >= 4 is 17.5 Å². The number of para-hydroxylation sites is 1. The summed E-state index contributed by atoms with van der Waals surface area (Å²) in [6, 6.07) is 24.1. The maximum atomic E-state index is 13.3. The first kappa shape index (κ1) is 43.4. The quantitative estimate of drug-likeness (QED) is 0.0439. The molecule has 0 aliphatic rings. The molecule has 0 saturated heterocycles. The first-order chi connectivity index (χ1) is 27.5. The van der Waals surface area contributed by atoms with E-state index in [9.17, 15) is 9.59 Å². The van der Waals surface area contributed by atoms with Gasteiger partial charge in [0.15, 0.2) is 5.60 Å². The van der Waals surface area contributed by atoms with Crippen LogP contribution in [0.4, 0.5) is 5.69 Å². The number of terminal acetylenes is 1. The van der Waals surface area contributed by atoms with E-state index in [2.05, 4.69) is 27.0 Å². The number of benzene rings is 3. The van der Waals surface area contributed by atoms with Crippen molar-refractivity contribution < 1.29 is 42.8 Å². The van der Waals surface area contributed by atoms with Crippen molar-refractivity contribution in [3.8, 4) is 23.8 Å². The van der Waals surface area contributed by atoms with Crippen molar-refractivity contribution in [1.82, 2.24) is 20.5 Å². The SMILES string of the molecule is C#CCOCCOCCOCCOCCn1cc(C(ONC(=O)CCCCCCC(=O)Nc2ccccc2)(c2ccc(OC)cc2)c2ccc(OC)cc2)nn1. The molecule has 0 bridgehead atoms. The number of hydrogen-bond donors (Lipinski definition) is 2. The van der Waals surface area contributed by atoms with Gasteiger partial charge in [0.1, 0.15) is 23.8 Å². The van der Waals surface area contributed by atoms with Gasteiger partial charge in [0, 0.05) is 18.5 Å². The number of anilines is 1. The van der Waals surface area contributed by atoms with Crippen molar-refractivity contribution in [3.05, 3.63) is 102 Å². The number of amides is 2. The molecule has 14 nitrogen and oxygen atoms in total. The third-order valence-corrected chi connectivity index (χ3v) is 8.59. The van der Waals surface area contributed by atoms with E-state index >= 15 is 0 Å². The minimum atomic E-state index is -1.40. The molecule has 0 radical (unpaired) electrons. The fourth-order valence-electron chi connectivity index (χ4n) is 5.66. The normalized spacial score (nSPS) is 11.2. The average molecular weight is 772 g/mol. The van der Waals surface area contributed by atoms with E-state index in [0.29, 0.717) is 94.0 Å². The molecule has 2 amide bonds. The van der Waals surface area contributed by atoms with Gasteiger partial charge in [-0.05, 0) is 60.4 Å². The van der Waals surface area contributed by atoms with Gasteiger partial charge in [0.2, 0.25) is 11.8 Å². The lowest BCUT2D eigenvalue weighted by molar-refractivity contribution is -0.144. The summed E-state index contributed by atoms with van der Waals surface area (Å²) >= 11 is 0. The molecule has 0 saturated carbocycles. The molecule has 0 spiro atoms. The van der Waals surface area contributed by atoms with E-state index in [-0.39, 0.29) is 24.8 Å². The van der Waals surface area contributed by atoms with E-state index in [1.807, 2.05) is 78.9 Å². The predicted molar refractivity (Wildman–Crippen MR) is 210 cm³/mol. The molecule has 1 heterocycles. The fourth-order valence-corrected chi connectivity index (χ4v) is 5.66. The summed E-state index contributed by atoms with van der Waals surface area (Å²) in [7, 11) is 3.19. The van der Waals surface area contributed by atoms with E-state index in [4.69, 9.17) is 39.7 Å². The van der Waals surface area contributed by atoms with Gasteiger partial charge in [0.25, 0.3) is 0 Å². The second-order valence-corrected chi connectivity index (χ2v) is 12.6. The van der Waals surface area contributed by atoms with Crippen LogP contribution in [0.3, 0.4) is 0 Å². The number of carbonyl (C=O) groups is 2. The van der Waals surface area contributed by atoms with Crippen LogP contribution in [0.25, 0.3) is 0 Å². The topological polar surface area (TPSA) is 154 Å². The highest BCUT2D eigenvalue weighted by atomic mass is 16.7. The summed E-state index contributed by atoms with van der Waals surface area (Å²) < 4.78 is 34.5. The standard InChI is InChI=1S/C42H53N5O9/c1-4-25-52-27-29-54-31-32-55-30-28-53-26-24-47-33-39(44-46-47)42(34-16-20-37(50-2)21-17-34,35-18-22-38(51-3)23-19-35)56-45-41(49)15-11-6-5-10-14-40(48)43-36-12-8-7-9-13-36/h1,7-9,12-13,16-23,33H,5-6,10-11,14-15,24-32H2,2-3H3,(H,43,48)(H,45,49). The van der Waals surface area contributed by atoms with Crippen LogP contribution in [-0.2, 0) is 45.5 Å². The van der Waals surface area contributed by atoms with Gasteiger partial charge in [-0.3, -0.25) is 14.4 Å². The lowest BCUT2D eigenvalue weighted by Crippen LogP contribution is -2.40. The smallest absolute Gasteiger partial charge is 0.243 e. The van der Waals surface area contributed by atoms with Crippen LogP contribution in [0.15, 0.2) is 85.1 Å². The number of rotatable bonds is 28. The van der Waals surface area contributed by atoms with Crippen LogP contribution in [0.5, 0.6) is 11.5 Å². The molecule has 0 atom stereocenters. The zero-order chi connectivity index (χ0) is 39.7. The molecule has 14 heteroatoms. The van der Waals surface area contributed by atoms with Crippen LogP contribution in [0.2, 0.25) is 0 Å². The largest absolute Gasteiger partial charge is 0.497 e. The summed E-state index contributed by atoms with van der Waals surface area (Å²) in [6.07, 6.45) is 10.5. The maximum Gasteiger partial charge on any atom is 0.243 e. The molecule has 0 aliphatic heterocycles. The van der Waals surface area contributed by atoms with E-state index in [0.717, 1.165) is 24.9 Å². The summed E-state index contributed by atoms with van der Waals surface area (Å²) in [5, 5.41) is 11.8. The van der Waals surface area contributed by atoms with Gasteiger partial charge in [-0.1, -0.05) is 66.4 Å². The third kappa shape index (κ3) is 14.4. The van der Waals surface area contributed by atoms with Crippen LogP contribution in [0.1, 0.15) is 55.3 Å². The zero-order valence-electron chi connectivity index (χ0n) is 32.3. The lowest BCUT2D eigenvalue weighted by Gasteiger charge is -2.32. The Bertz CT molecular complexity index is 1700. The number of carbonyl (C=O) groups excluding carboxylic acids is 2. The Hall–Kier alpha value is -5.30. The highest BCUT2D eigenvalue weighted by molar-refractivity contribution is 5.90. The molecule has 2 N–H and O–H groups in total. The molecule has 1 aromatic heterocycles. The van der Waals surface area contributed by atoms with E-state index in [1.54, 1.807) is 25.1 Å². The van der Waals surface area contributed by atoms with E-state index in [1.165, 1.54) is 0 Å². The Labute approximate surface area is 329 Å². The van der Waals surface area contributed by atoms with Crippen LogP contribution < -0.4 is 20.3 Å². The molecule has 56 heavy (non-hydrogen) atoms. The number of aromatic nitrogens is 3. The fraction of sp³-hybridized carbons (Fsp3) is 0.429. The Morgan fingerprint density at radius 3 is 1.79 bits per heavy atom. The van der Waals surface area contributed by atoms with Crippen molar-refractivity contribution in [3.63, 3.8) is 0 Å². The number of ether oxygens (including phenoxy) is 6. The second kappa shape index (κ2) is 25.0. The summed E-state index contributed by atoms with van der Waals surface area (Å²) in [5.41, 5.74) is 3.90. The average Bonchev–Trinajstić information content (AvgIpc) is 3.71. The monoisotopic (exact) mass is 771 g/mol. The van der Waals surface area contributed by atoms with Gasteiger partial charge < -0.3 is 33.7 Å².